The quantitative estimate of drug-likeness (QED) is 0.517. The summed E-state index contributed by atoms with van der Waals surface area (Å²) < 4.78 is 32.7. The van der Waals surface area contributed by atoms with Gasteiger partial charge >= 0.3 is 0 Å². The minimum absolute atomic E-state index is 0.100. The number of nitrogens with one attached hydrogen (secondary N) is 1. The number of amides is 2. The van der Waals surface area contributed by atoms with Crippen LogP contribution in [0.2, 0.25) is 0 Å². The normalized spacial score (nSPS) is 14.0. The fourth-order valence-electron chi connectivity index (χ4n) is 3.93. The molecule has 4 rings (SSSR count). The molecule has 184 valence electrons. The third-order valence-corrected chi connectivity index (χ3v) is 7.68. The first kappa shape index (κ1) is 25.0. The molecule has 7 nitrogen and oxygen atoms in total. The van der Waals surface area contributed by atoms with E-state index in [-0.39, 0.29) is 27.8 Å². The Bertz CT molecular complexity index is 1310. The number of nitrogens with zero attached hydrogens (tertiary/aromatic N) is 2. The molecule has 0 aliphatic carbocycles. The molecular weight excluding hydrogens is 489 g/mol. The lowest BCUT2D eigenvalue weighted by Gasteiger charge is -2.22. The standard InChI is InChI=1S/C25H26FN3O4S2/c1-4-17-18(7-9-21(23(17)26)35(3)32)24(31)29-10-11-33-19-8-6-15(12-16(19)14-29)20-13-27-25(34-20)28-22(30)5-2/h6-9,12-13H,4-5,10-11,14H2,1-3H3,(H,27,28,30). The molecule has 0 spiro atoms. The minimum atomic E-state index is -1.48. The molecule has 2 amide bonds. The molecule has 0 radical (unpaired) electrons. The number of carbonyl (C=O) groups is 2. The van der Waals surface area contributed by atoms with Gasteiger partial charge in [0.25, 0.3) is 5.91 Å². The molecule has 3 aromatic rings. The SMILES string of the molecule is CCC(=O)Nc1ncc(-c2ccc3c(c2)CN(C(=O)c2ccc(S(C)=O)c(F)c2CC)CCO3)s1. The average Bonchev–Trinajstić information content (AvgIpc) is 3.20. The van der Waals surface area contributed by atoms with Crippen molar-refractivity contribution in [2.45, 2.75) is 38.1 Å². The molecule has 1 aromatic heterocycles. The first-order valence-electron chi connectivity index (χ1n) is 11.3. The number of benzene rings is 2. The first-order chi connectivity index (χ1) is 16.8. The summed E-state index contributed by atoms with van der Waals surface area (Å²) in [5.41, 5.74) is 2.27. The van der Waals surface area contributed by atoms with E-state index in [9.17, 15) is 18.2 Å². The highest BCUT2D eigenvalue weighted by Gasteiger charge is 2.26. The Labute approximate surface area is 209 Å². The van der Waals surface area contributed by atoms with Gasteiger partial charge in [0.15, 0.2) is 5.13 Å². The van der Waals surface area contributed by atoms with Crippen molar-refractivity contribution >= 4 is 39.1 Å². The smallest absolute Gasteiger partial charge is 0.254 e. The van der Waals surface area contributed by atoms with Gasteiger partial charge in [0.05, 0.1) is 27.1 Å². The molecule has 0 fully saturated rings. The van der Waals surface area contributed by atoms with Gasteiger partial charge in [-0.05, 0) is 42.3 Å². The van der Waals surface area contributed by atoms with Gasteiger partial charge in [0.1, 0.15) is 18.2 Å². The minimum Gasteiger partial charge on any atom is -0.491 e. The van der Waals surface area contributed by atoms with Gasteiger partial charge < -0.3 is 15.0 Å². The predicted octanol–water partition coefficient (Wildman–Crippen LogP) is 4.63. The van der Waals surface area contributed by atoms with Crippen LogP contribution in [-0.4, -0.2) is 45.3 Å². The number of ether oxygens (including phenoxy) is 1. The molecule has 1 aliphatic rings. The monoisotopic (exact) mass is 515 g/mol. The van der Waals surface area contributed by atoms with Crippen molar-refractivity contribution in [1.82, 2.24) is 9.88 Å². The summed E-state index contributed by atoms with van der Waals surface area (Å²) in [6.45, 7) is 4.51. The van der Waals surface area contributed by atoms with Crippen molar-refractivity contribution < 1.29 is 22.9 Å². The first-order valence-corrected chi connectivity index (χ1v) is 13.7. The average molecular weight is 516 g/mol. The highest BCUT2D eigenvalue weighted by atomic mass is 32.2. The number of aromatic nitrogens is 1. The summed E-state index contributed by atoms with van der Waals surface area (Å²) in [6.07, 6.45) is 3.81. The zero-order valence-corrected chi connectivity index (χ0v) is 21.4. The van der Waals surface area contributed by atoms with Crippen molar-refractivity contribution in [2.75, 3.05) is 24.7 Å². The Balaban J connectivity index is 1.61. The van der Waals surface area contributed by atoms with E-state index in [0.717, 1.165) is 16.0 Å². The molecule has 2 heterocycles. The Hall–Kier alpha value is -3.11. The fraction of sp³-hybridized carbons (Fsp3) is 0.320. The summed E-state index contributed by atoms with van der Waals surface area (Å²) in [4.78, 5) is 32.0. The zero-order valence-electron chi connectivity index (χ0n) is 19.7. The van der Waals surface area contributed by atoms with Gasteiger partial charge in [0.2, 0.25) is 5.91 Å². The van der Waals surface area contributed by atoms with Crippen molar-refractivity contribution in [3.05, 3.63) is 59.0 Å². The van der Waals surface area contributed by atoms with E-state index in [1.807, 2.05) is 18.2 Å². The molecule has 35 heavy (non-hydrogen) atoms. The van der Waals surface area contributed by atoms with Crippen LogP contribution in [0.1, 0.15) is 41.8 Å². The summed E-state index contributed by atoms with van der Waals surface area (Å²) in [7, 11) is -1.48. The highest BCUT2D eigenvalue weighted by Crippen LogP contribution is 2.34. The van der Waals surface area contributed by atoms with Crippen molar-refractivity contribution in [3.63, 3.8) is 0 Å². The number of rotatable bonds is 6. The Morgan fingerprint density at radius 2 is 2.06 bits per heavy atom. The van der Waals surface area contributed by atoms with E-state index in [2.05, 4.69) is 10.3 Å². The molecule has 1 N–H and O–H groups in total. The van der Waals surface area contributed by atoms with Crippen LogP contribution in [0.3, 0.4) is 0 Å². The number of fused-ring (bicyclic) bond motifs is 1. The van der Waals surface area contributed by atoms with Crippen LogP contribution in [0.4, 0.5) is 9.52 Å². The van der Waals surface area contributed by atoms with Crippen molar-refractivity contribution in [2.24, 2.45) is 0 Å². The van der Waals surface area contributed by atoms with Crippen LogP contribution in [0.15, 0.2) is 41.4 Å². The van der Waals surface area contributed by atoms with Gasteiger partial charge in [-0.25, -0.2) is 9.37 Å². The second-order valence-corrected chi connectivity index (χ2v) is 10.4. The van der Waals surface area contributed by atoms with Crippen LogP contribution in [0.5, 0.6) is 5.75 Å². The Kier molecular flexibility index (Phi) is 7.61. The van der Waals surface area contributed by atoms with E-state index < -0.39 is 16.6 Å². The van der Waals surface area contributed by atoms with Gasteiger partial charge in [-0.15, -0.1) is 0 Å². The lowest BCUT2D eigenvalue weighted by molar-refractivity contribution is -0.115. The summed E-state index contributed by atoms with van der Waals surface area (Å²) >= 11 is 1.37. The lowest BCUT2D eigenvalue weighted by atomic mass is 10.0. The van der Waals surface area contributed by atoms with E-state index in [1.165, 1.54) is 23.7 Å². The third-order valence-electron chi connectivity index (χ3n) is 5.79. The van der Waals surface area contributed by atoms with Crippen LogP contribution in [0.25, 0.3) is 10.4 Å². The van der Waals surface area contributed by atoms with Gasteiger partial charge in [-0.3, -0.25) is 13.8 Å². The maximum Gasteiger partial charge on any atom is 0.254 e. The van der Waals surface area contributed by atoms with Crippen LogP contribution in [0, 0.1) is 5.82 Å². The summed E-state index contributed by atoms with van der Waals surface area (Å²) in [5, 5.41) is 3.29. The zero-order chi connectivity index (χ0) is 25.1. The number of hydrogen-bond acceptors (Lipinski definition) is 6. The molecular formula is C25H26FN3O4S2. The van der Waals surface area contributed by atoms with Gasteiger partial charge in [-0.2, -0.15) is 0 Å². The topological polar surface area (TPSA) is 88.6 Å². The second kappa shape index (κ2) is 10.7. The molecule has 2 aromatic carbocycles. The van der Waals surface area contributed by atoms with E-state index >= 15 is 0 Å². The fourth-order valence-corrected chi connectivity index (χ4v) is 5.40. The number of carbonyl (C=O) groups excluding carboxylic acids is 2. The third kappa shape index (κ3) is 5.28. The largest absolute Gasteiger partial charge is 0.491 e. The summed E-state index contributed by atoms with van der Waals surface area (Å²) in [5.74, 6) is -0.286. The Morgan fingerprint density at radius 3 is 2.77 bits per heavy atom. The Morgan fingerprint density at radius 1 is 1.26 bits per heavy atom. The second-order valence-electron chi connectivity index (χ2n) is 8.04. The lowest BCUT2D eigenvalue weighted by Crippen LogP contribution is -2.33. The molecule has 10 heteroatoms. The summed E-state index contributed by atoms with van der Waals surface area (Å²) in [6, 6.07) is 8.73. The van der Waals surface area contributed by atoms with Gasteiger partial charge in [0, 0.05) is 42.1 Å². The van der Waals surface area contributed by atoms with Crippen LogP contribution in [-0.2, 0) is 28.6 Å². The number of anilines is 1. The molecule has 0 bridgehead atoms. The predicted molar refractivity (Wildman–Crippen MR) is 135 cm³/mol. The molecule has 1 aliphatic heterocycles. The number of halogens is 1. The highest BCUT2D eigenvalue weighted by molar-refractivity contribution is 7.84. The van der Waals surface area contributed by atoms with Crippen molar-refractivity contribution in [3.8, 4) is 16.2 Å². The number of thiazole rings is 1. The van der Waals surface area contributed by atoms with E-state index in [4.69, 9.17) is 4.74 Å². The van der Waals surface area contributed by atoms with E-state index in [0.29, 0.717) is 43.4 Å². The maximum absolute atomic E-state index is 15.0. The molecule has 0 saturated heterocycles. The maximum atomic E-state index is 15.0. The van der Waals surface area contributed by atoms with Gasteiger partial charge in [-0.1, -0.05) is 25.2 Å². The molecule has 1 atom stereocenters. The van der Waals surface area contributed by atoms with Crippen LogP contribution >= 0.6 is 11.3 Å². The van der Waals surface area contributed by atoms with Crippen molar-refractivity contribution in [1.29, 1.82) is 0 Å². The molecule has 1 unspecified atom stereocenters. The molecule has 0 saturated carbocycles. The number of hydrogen-bond donors (Lipinski definition) is 1. The van der Waals surface area contributed by atoms with Crippen LogP contribution < -0.4 is 10.1 Å². The van der Waals surface area contributed by atoms with E-state index in [1.54, 1.807) is 31.0 Å².